The molecule has 0 radical (unpaired) electrons. The molecule has 0 saturated heterocycles. The normalized spacial score (nSPS) is 13.6. The van der Waals surface area contributed by atoms with Crippen molar-refractivity contribution in [1.29, 1.82) is 0 Å². The van der Waals surface area contributed by atoms with E-state index in [0.717, 1.165) is 25.7 Å². The Kier molecular flexibility index (Phi) is 11.1. The number of hydrogen-bond acceptors (Lipinski definition) is 5. The van der Waals surface area contributed by atoms with Crippen molar-refractivity contribution in [3.63, 3.8) is 0 Å². The summed E-state index contributed by atoms with van der Waals surface area (Å²) >= 11 is 0. The molecular formula is C22H36O5. The Bertz CT molecular complexity index is 556. The molecule has 0 aliphatic carbocycles. The molecule has 0 aliphatic rings. The molecular weight excluding hydrogens is 344 g/mol. The summed E-state index contributed by atoms with van der Waals surface area (Å²) in [5, 5.41) is 18.9. The number of unbranched alkanes of at least 4 members (excludes halogenated alkanes) is 1. The number of aliphatic hydroxyl groups is 1. The Morgan fingerprint density at radius 1 is 1.11 bits per heavy atom. The maximum atomic E-state index is 13.1. The number of benzene rings is 1. The maximum Gasteiger partial charge on any atom is 0.166 e. The predicted octanol–water partition coefficient (Wildman–Crippen LogP) is 4.45. The molecule has 0 spiro atoms. The highest BCUT2D eigenvalue weighted by atomic mass is 16.5. The predicted molar refractivity (Wildman–Crippen MR) is 107 cm³/mol. The number of ketones is 1. The maximum absolute atomic E-state index is 13.1. The third kappa shape index (κ3) is 8.31. The van der Waals surface area contributed by atoms with Crippen molar-refractivity contribution in [3.8, 4) is 11.5 Å². The minimum Gasteiger partial charge on any atom is -0.504 e. The van der Waals surface area contributed by atoms with Gasteiger partial charge in [0.2, 0.25) is 0 Å². The van der Waals surface area contributed by atoms with Crippen molar-refractivity contribution in [2.24, 2.45) is 17.8 Å². The van der Waals surface area contributed by atoms with E-state index in [1.54, 1.807) is 19.2 Å². The van der Waals surface area contributed by atoms with Crippen molar-refractivity contribution in [2.75, 3.05) is 26.9 Å². The number of phenols is 1. The van der Waals surface area contributed by atoms with E-state index in [2.05, 4.69) is 20.8 Å². The van der Waals surface area contributed by atoms with Crippen LogP contribution in [-0.4, -0.2) is 42.9 Å². The summed E-state index contributed by atoms with van der Waals surface area (Å²) in [7, 11) is 1.63. The summed E-state index contributed by atoms with van der Waals surface area (Å²) in [6.07, 6.45) is 4.35. The Labute approximate surface area is 163 Å². The molecule has 0 heterocycles. The molecule has 154 valence electrons. The van der Waals surface area contributed by atoms with E-state index in [9.17, 15) is 9.90 Å². The van der Waals surface area contributed by atoms with Crippen molar-refractivity contribution in [1.82, 2.24) is 0 Å². The Balaban J connectivity index is 2.80. The summed E-state index contributed by atoms with van der Waals surface area (Å²) < 4.78 is 10.6. The van der Waals surface area contributed by atoms with Crippen LogP contribution in [0.5, 0.6) is 11.5 Å². The number of carbonyl (C=O) groups excluding carboxylic acids is 1. The highest BCUT2D eigenvalue weighted by Crippen LogP contribution is 2.31. The summed E-state index contributed by atoms with van der Waals surface area (Å²) in [6, 6.07) is 4.85. The lowest BCUT2D eigenvalue weighted by molar-refractivity contribution is 0.0858. The summed E-state index contributed by atoms with van der Waals surface area (Å²) in [4.78, 5) is 13.1. The van der Waals surface area contributed by atoms with Crippen LogP contribution in [0.3, 0.4) is 0 Å². The Morgan fingerprint density at radius 2 is 1.85 bits per heavy atom. The van der Waals surface area contributed by atoms with E-state index in [1.807, 2.05) is 0 Å². The van der Waals surface area contributed by atoms with Gasteiger partial charge in [-0.1, -0.05) is 33.6 Å². The molecule has 0 bridgehead atoms. The molecule has 5 nitrogen and oxygen atoms in total. The molecule has 2 unspecified atom stereocenters. The lowest BCUT2D eigenvalue weighted by Crippen LogP contribution is -2.23. The average Bonchev–Trinajstić information content (AvgIpc) is 2.64. The molecule has 0 saturated carbocycles. The number of hydrogen-bond donors (Lipinski definition) is 2. The molecule has 1 rings (SSSR count). The van der Waals surface area contributed by atoms with Gasteiger partial charge in [-0.25, -0.2) is 0 Å². The first kappa shape index (κ1) is 23.4. The first-order chi connectivity index (χ1) is 12.9. The fraction of sp³-hybridized carbons (Fsp3) is 0.682. The fourth-order valence-electron chi connectivity index (χ4n) is 3.22. The monoisotopic (exact) mass is 380 g/mol. The fourth-order valence-corrected chi connectivity index (χ4v) is 3.22. The molecule has 1 aromatic carbocycles. The van der Waals surface area contributed by atoms with E-state index in [0.29, 0.717) is 36.9 Å². The molecule has 27 heavy (non-hydrogen) atoms. The van der Waals surface area contributed by atoms with E-state index in [-0.39, 0.29) is 30.0 Å². The second kappa shape index (κ2) is 12.7. The quantitative estimate of drug-likeness (QED) is 0.368. The number of carbonyl (C=O) groups is 1. The highest BCUT2D eigenvalue weighted by molar-refractivity contribution is 5.98. The van der Waals surface area contributed by atoms with E-state index >= 15 is 0 Å². The Morgan fingerprint density at radius 3 is 2.48 bits per heavy atom. The van der Waals surface area contributed by atoms with Gasteiger partial charge in [0.25, 0.3) is 0 Å². The number of phenolic OH excluding ortho intramolecular Hbond substituents is 1. The van der Waals surface area contributed by atoms with Gasteiger partial charge in [-0.3, -0.25) is 4.79 Å². The van der Waals surface area contributed by atoms with Crippen LogP contribution in [0.25, 0.3) is 0 Å². The van der Waals surface area contributed by atoms with Gasteiger partial charge in [-0.05, 0) is 42.9 Å². The van der Waals surface area contributed by atoms with Crippen LogP contribution in [-0.2, 0) is 4.74 Å². The number of ether oxygens (including phenoxy) is 2. The summed E-state index contributed by atoms with van der Waals surface area (Å²) in [6.45, 7) is 7.55. The van der Waals surface area contributed by atoms with Gasteiger partial charge in [-0.2, -0.15) is 0 Å². The lowest BCUT2D eigenvalue weighted by Gasteiger charge is -2.23. The summed E-state index contributed by atoms with van der Waals surface area (Å²) in [5.41, 5.74) is 0.579. The van der Waals surface area contributed by atoms with Gasteiger partial charge >= 0.3 is 0 Å². The minimum atomic E-state index is -0.0694. The van der Waals surface area contributed by atoms with Crippen molar-refractivity contribution in [3.05, 3.63) is 23.8 Å². The number of rotatable bonds is 14. The molecule has 2 N–H and O–H groups in total. The van der Waals surface area contributed by atoms with Crippen LogP contribution in [0.1, 0.15) is 63.2 Å². The molecule has 0 amide bonds. The smallest absolute Gasteiger partial charge is 0.166 e. The van der Waals surface area contributed by atoms with Crippen molar-refractivity contribution >= 4 is 5.78 Å². The van der Waals surface area contributed by atoms with Gasteiger partial charge in [0.1, 0.15) is 0 Å². The number of methoxy groups -OCH3 is 1. The summed E-state index contributed by atoms with van der Waals surface area (Å²) in [5.74, 6) is 1.08. The van der Waals surface area contributed by atoms with E-state index in [4.69, 9.17) is 14.6 Å². The van der Waals surface area contributed by atoms with E-state index < -0.39 is 0 Å². The van der Waals surface area contributed by atoms with Crippen molar-refractivity contribution in [2.45, 2.75) is 52.9 Å². The largest absolute Gasteiger partial charge is 0.504 e. The standard InChI is InChI=1S/C22H36O5/c1-16(2)19(14-17(3)8-5-6-11-23)22(25)18-9-10-20(24)21(15-18)27-13-7-12-26-4/h9-10,15-17,19,23-24H,5-8,11-14H2,1-4H3. The molecule has 0 aromatic heterocycles. The zero-order chi connectivity index (χ0) is 20.2. The zero-order valence-corrected chi connectivity index (χ0v) is 17.2. The van der Waals surface area contributed by atoms with Gasteiger partial charge in [0.05, 0.1) is 6.61 Å². The third-order valence-corrected chi connectivity index (χ3v) is 4.90. The van der Waals surface area contributed by atoms with Crippen molar-refractivity contribution < 1.29 is 24.5 Å². The average molecular weight is 381 g/mol. The molecule has 1 aromatic rings. The van der Waals surface area contributed by atoms with Crippen LogP contribution < -0.4 is 4.74 Å². The van der Waals surface area contributed by atoms with Gasteiger partial charge in [0, 0.05) is 38.2 Å². The van der Waals surface area contributed by atoms with Crippen LogP contribution in [0, 0.1) is 17.8 Å². The number of Topliss-reactive ketones (excluding diaryl/α,β-unsaturated/α-hetero) is 1. The van der Waals surface area contributed by atoms with Crippen LogP contribution in [0.4, 0.5) is 0 Å². The first-order valence-corrected chi connectivity index (χ1v) is 10.0. The molecule has 0 fully saturated rings. The molecule has 5 heteroatoms. The zero-order valence-electron chi connectivity index (χ0n) is 17.2. The van der Waals surface area contributed by atoms with Gasteiger partial charge in [0.15, 0.2) is 17.3 Å². The van der Waals surface area contributed by atoms with Gasteiger partial charge < -0.3 is 19.7 Å². The van der Waals surface area contributed by atoms with E-state index in [1.165, 1.54) is 6.07 Å². The minimum absolute atomic E-state index is 0.0439. The van der Waals surface area contributed by atoms with Gasteiger partial charge in [-0.15, -0.1) is 0 Å². The lowest BCUT2D eigenvalue weighted by atomic mass is 9.80. The Hall–Kier alpha value is -1.59. The number of aliphatic hydroxyl groups excluding tert-OH is 1. The SMILES string of the molecule is COCCCOc1cc(C(=O)C(CC(C)CCCCO)C(C)C)ccc1O. The highest BCUT2D eigenvalue weighted by Gasteiger charge is 2.26. The number of aromatic hydroxyl groups is 1. The van der Waals surface area contributed by atoms with Crippen LogP contribution >= 0.6 is 0 Å². The van der Waals surface area contributed by atoms with Crippen LogP contribution in [0.15, 0.2) is 18.2 Å². The second-order valence-electron chi connectivity index (χ2n) is 7.65. The first-order valence-electron chi connectivity index (χ1n) is 10.0. The topological polar surface area (TPSA) is 76.0 Å². The molecule has 0 aliphatic heterocycles. The second-order valence-corrected chi connectivity index (χ2v) is 7.65. The van der Waals surface area contributed by atoms with Crippen LogP contribution in [0.2, 0.25) is 0 Å². The third-order valence-electron chi connectivity index (χ3n) is 4.90. The molecule has 2 atom stereocenters.